The Morgan fingerprint density at radius 2 is 1.93 bits per heavy atom. The maximum atomic E-state index is 12.6. The van der Waals surface area contributed by atoms with Crippen molar-refractivity contribution in [2.45, 2.75) is 20.3 Å². The van der Waals surface area contributed by atoms with Crippen LogP contribution >= 0.6 is 0 Å². The molecule has 1 heterocycles. The molecule has 1 N–H and O–H groups in total. The molecule has 150 valence electrons. The van der Waals surface area contributed by atoms with E-state index in [0.717, 1.165) is 35.7 Å². The van der Waals surface area contributed by atoms with Gasteiger partial charge in [-0.25, -0.2) is 0 Å². The molecule has 2 rings (SSSR count). The van der Waals surface area contributed by atoms with Gasteiger partial charge in [-0.3, -0.25) is 14.3 Å². The molecule has 0 fully saturated rings. The predicted octanol–water partition coefficient (Wildman–Crippen LogP) is 2.88. The molecular weight excluding hydrogens is 356 g/mol. The molecule has 7 nitrogen and oxygen atoms in total. The maximum absolute atomic E-state index is 12.6. The smallest absolute Gasteiger partial charge is 0.239 e. The van der Waals surface area contributed by atoms with Crippen molar-refractivity contribution in [2.75, 3.05) is 46.3 Å². The fourth-order valence-corrected chi connectivity index (χ4v) is 3.09. The zero-order valence-corrected chi connectivity index (χ0v) is 17.2. The quantitative estimate of drug-likeness (QED) is 0.673. The van der Waals surface area contributed by atoms with Crippen LogP contribution in [-0.4, -0.2) is 56.3 Å². The second-order valence-electron chi connectivity index (χ2n) is 6.71. The summed E-state index contributed by atoms with van der Waals surface area (Å²) in [4.78, 5) is 14.5. The molecule has 1 aromatic heterocycles. The highest BCUT2D eigenvalue weighted by Crippen LogP contribution is 2.30. The highest BCUT2D eigenvalue weighted by atomic mass is 16.5. The van der Waals surface area contributed by atoms with Crippen molar-refractivity contribution >= 4 is 11.7 Å². The highest BCUT2D eigenvalue weighted by Gasteiger charge is 2.21. The second-order valence-corrected chi connectivity index (χ2v) is 6.71. The van der Waals surface area contributed by atoms with Crippen molar-refractivity contribution in [1.29, 1.82) is 5.26 Å². The molecule has 0 bridgehead atoms. The number of rotatable bonds is 9. The van der Waals surface area contributed by atoms with Gasteiger partial charge < -0.3 is 14.8 Å². The van der Waals surface area contributed by atoms with Gasteiger partial charge in [0.2, 0.25) is 5.91 Å². The van der Waals surface area contributed by atoms with E-state index >= 15 is 0 Å². The number of amides is 1. The first-order valence-corrected chi connectivity index (χ1v) is 9.16. The van der Waals surface area contributed by atoms with Crippen LogP contribution in [0.25, 0.3) is 5.69 Å². The number of benzene rings is 1. The third kappa shape index (κ3) is 4.91. The number of likely N-dealkylation sites (N-methyl/N-ethyl adjacent to an activating group) is 1. The van der Waals surface area contributed by atoms with Gasteiger partial charge in [-0.15, -0.1) is 0 Å². The van der Waals surface area contributed by atoms with Crippen LogP contribution in [0.1, 0.15) is 23.2 Å². The first-order chi connectivity index (χ1) is 13.4. The Morgan fingerprint density at radius 1 is 1.25 bits per heavy atom. The largest absolute Gasteiger partial charge is 0.497 e. The molecule has 7 heteroatoms. The van der Waals surface area contributed by atoms with Crippen molar-refractivity contribution in [3.63, 3.8) is 0 Å². The molecule has 0 aliphatic heterocycles. The number of carbonyl (C=O) groups excluding carboxylic acids is 1. The zero-order chi connectivity index (χ0) is 20.7. The van der Waals surface area contributed by atoms with E-state index in [1.807, 2.05) is 54.6 Å². The van der Waals surface area contributed by atoms with E-state index in [9.17, 15) is 10.1 Å². The first-order valence-electron chi connectivity index (χ1n) is 9.16. The molecular formula is C21H28N4O3. The molecule has 0 aliphatic carbocycles. The fraction of sp³-hybridized carbons (Fsp3) is 0.429. The Morgan fingerprint density at radius 3 is 2.50 bits per heavy atom. The number of nitriles is 1. The summed E-state index contributed by atoms with van der Waals surface area (Å²) in [7, 11) is 5.16. The molecule has 28 heavy (non-hydrogen) atoms. The van der Waals surface area contributed by atoms with Crippen molar-refractivity contribution in [3.05, 3.63) is 41.1 Å². The zero-order valence-electron chi connectivity index (χ0n) is 17.2. The van der Waals surface area contributed by atoms with Gasteiger partial charge in [0.05, 0.1) is 19.2 Å². The van der Waals surface area contributed by atoms with Gasteiger partial charge >= 0.3 is 0 Å². The maximum Gasteiger partial charge on any atom is 0.239 e. The standard InChI is InChI=1S/C21H28N4O3/c1-15-16(2)25(17-7-9-18(28-5)10-8-17)21(19(15)13-22)23-20(26)14-24(3)11-6-12-27-4/h7-10H,6,11-12,14H2,1-5H3,(H,23,26). The number of nitrogens with one attached hydrogen (secondary N) is 1. The lowest BCUT2D eigenvalue weighted by atomic mass is 10.2. The van der Waals surface area contributed by atoms with E-state index in [-0.39, 0.29) is 12.5 Å². The number of anilines is 1. The van der Waals surface area contributed by atoms with Crippen molar-refractivity contribution < 1.29 is 14.3 Å². The van der Waals surface area contributed by atoms with E-state index in [1.54, 1.807) is 14.2 Å². The molecule has 0 unspecified atom stereocenters. The average Bonchev–Trinajstić information content (AvgIpc) is 2.91. The lowest BCUT2D eigenvalue weighted by Gasteiger charge is -2.17. The van der Waals surface area contributed by atoms with Gasteiger partial charge in [-0.1, -0.05) is 0 Å². The Hall–Kier alpha value is -2.82. The summed E-state index contributed by atoms with van der Waals surface area (Å²) in [6.07, 6.45) is 0.851. The van der Waals surface area contributed by atoms with Crippen LogP contribution < -0.4 is 10.1 Å². The molecule has 0 atom stereocenters. The summed E-state index contributed by atoms with van der Waals surface area (Å²) < 4.78 is 12.2. The van der Waals surface area contributed by atoms with Crippen LogP contribution in [0, 0.1) is 25.2 Å². The van der Waals surface area contributed by atoms with Crippen LogP contribution in [0.5, 0.6) is 5.75 Å². The number of hydrogen-bond acceptors (Lipinski definition) is 5. The van der Waals surface area contributed by atoms with E-state index in [0.29, 0.717) is 18.0 Å². The molecule has 0 radical (unpaired) electrons. The highest BCUT2D eigenvalue weighted by molar-refractivity contribution is 5.93. The van der Waals surface area contributed by atoms with E-state index < -0.39 is 0 Å². The molecule has 0 saturated carbocycles. The molecule has 0 saturated heterocycles. The van der Waals surface area contributed by atoms with Crippen molar-refractivity contribution in [1.82, 2.24) is 9.47 Å². The van der Waals surface area contributed by atoms with Crippen LogP contribution in [0.15, 0.2) is 24.3 Å². The Balaban J connectivity index is 2.28. The summed E-state index contributed by atoms with van der Waals surface area (Å²) in [5.74, 6) is 1.08. The number of hydrogen-bond donors (Lipinski definition) is 1. The van der Waals surface area contributed by atoms with Gasteiger partial charge in [-0.2, -0.15) is 5.26 Å². The van der Waals surface area contributed by atoms with Gasteiger partial charge in [0.15, 0.2) is 0 Å². The number of nitrogens with zero attached hydrogens (tertiary/aromatic N) is 3. The van der Waals surface area contributed by atoms with Gasteiger partial charge in [0.1, 0.15) is 17.6 Å². The molecule has 2 aromatic rings. The monoisotopic (exact) mass is 384 g/mol. The molecule has 1 amide bonds. The third-order valence-corrected chi connectivity index (χ3v) is 4.72. The molecule has 1 aromatic carbocycles. The Bertz CT molecular complexity index is 850. The lowest BCUT2D eigenvalue weighted by molar-refractivity contribution is -0.117. The number of ether oxygens (including phenoxy) is 2. The van der Waals surface area contributed by atoms with Gasteiger partial charge in [0, 0.05) is 31.6 Å². The second kappa shape index (κ2) is 9.93. The van der Waals surface area contributed by atoms with Crippen molar-refractivity contribution in [3.8, 4) is 17.5 Å². The summed E-state index contributed by atoms with van der Waals surface area (Å²) in [5.41, 5.74) is 3.09. The first kappa shape index (κ1) is 21.5. The summed E-state index contributed by atoms with van der Waals surface area (Å²) >= 11 is 0. The van der Waals surface area contributed by atoms with Crippen LogP contribution in [0.3, 0.4) is 0 Å². The minimum atomic E-state index is -0.163. The minimum absolute atomic E-state index is 0.163. The normalized spacial score (nSPS) is 10.8. The number of methoxy groups -OCH3 is 2. The summed E-state index contributed by atoms with van der Waals surface area (Å²) in [5, 5.41) is 12.6. The molecule has 0 spiro atoms. The van der Waals surface area contributed by atoms with Crippen LogP contribution in [-0.2, 0) is 9.53 Å². The fourth-order valence-electron chi connectivity index (χ4n) is 3.09. The predicted molar refractivity (Wildman–Crippen MR) is 109 cm³/mol. The SMILES string of the molecule is COCCCN(C)CC(=O)Nc1c(C#N)c(C)c(C)n1-c1ccc(OC)cc1. The molecule has 0 aliphatic rings. The van der Waals surface area contributed by atoms with Crippen LogP contribution in [0.4, 0.5) is 5.82 Å². The van der Waals surface area contributed by atoms with Gasteiger partial charge in [0.25, 0.3) is 0 Å². The number of carbonyl (C=O) groups is 1. The van der Waals surface area contributed by atoms with Crippen molar-refractivity contribution in [2.24, 2.45) is 0 Å². The third-order valence-electron chi connectivity index (χ3n) is 4.72. The Kier molecular flexibility index (Phi) is 7.61. The summed E-state index contributed by atoms with van der Waals surface area (Å²) in [6.45, 7) is 5.47. The van der Waals surface area contributed by atoms with E-state index in [1.165, 1.54) is 0 Å². The van der Waals surface area contributed by atoms with Gasteiger partial charge in [-0.05, 0) is 57.1 Å². The topological polar surface area (TPSA) is 79.5 Å². The van der Waals surface area contributed by atoms with E-state index in [4.69, 9.17) is 9.47 Å². The minimum Gasteiger partial charge on any atom is -0.497 e. The average molecular weight is 384 g/mol. The lowest BCUT2D eigenvalue weighted by Crippen LogP contribution is -2.32. The Labute approximate surface area is 166 Å². The summed E-state index contributed by atoms with van der Waals surface area (Å²) in [6, 6.07) is 9.74. The number of aromatic nitrogens is 1. The van der Waals surface area contributed by atoms with E-state index in [2.05, 4.69) is 11.4 Å². The van der Waals surface area contributed by atoms with Crippen LogP contribution in [0.2, 0.25) is 0 Å².